The van der Waals surface area contributed by atoms with E-state index < -0.39 is 0 Å². The molecule has 27 heavy (non-hydrogen) atoms. The molecule has 0 saturated carbocycles. The van der Waals surface area contributed by atoms with Gasteiger partial charge in [0, 0.05) is 41.6 Å². The first-order valence-corrected chi connectivity index (χ1v) is 8.51. The molecular weight excluding hydrogens is 345 g/mol. The van der Waals surface area contributed by atoms with Gasteiger partial charge in [-0.3, -0.25) is 4.79 Å². The molecule has 5 rings (SSSR count). The van der Waals surface area contributed by atoms with Crippen molar-refractivity contribution in [3.05, 3.63) is 70.7 Å². The van der Waals surface area contributed by atoms with Crippen LogP contribution >= 0.6 is 0 Å². The van der Waals surface area contributed by atoms with Gasteiger partial charge in [-0.25, -0.2) is 9.37 Å². The summed E-state index contributed by atoms with van der Waals surface area (Å²) in [4.78, 5) is 21.8. The van der Waals surface area contributed by atoms with E-state index in [9.17, 15) is 9.18 Å². The van der Waals surface area contributed by atoms with Crippen molar-refractivity contribution >= 4 is 28.1 Å². The van der Waals surface area contributed by atoms with Gasteiger partial charge >= 0.3 is 0 Å². The predicted molar refractivity (Wildman–Crippen MR) is 103 cm³/mol. The van der Waals surface area contributed by atoms with E-state index in [0.717, 1.165) is 27.8 Å². The molecule has 0 fully saturated rings. The Morgan fingerprint density at radius 3 is 2.78 bits per heavy atom. The van der Waals surface area contributed by atoms with Crippen molar-refractivity contribution in [1.29, 1.82) is 0 Å². The van der Waals surface area contributed by atoms with Crippen LogP contribution in [0.1, 0.15) is 5.56 Å². The molecule has 1 aromatic carbocycles. The highest BCUT2D eigenvalue weighted by atomic mass is 19.1. The molecule has 0 spiro atoms. The molecule has 0 amide bonds. The first-order chi connectivity index (χ1) is 13.0. The number of fused-ring (bicyclic) bond motifs is 2. The third-order valence-corrected chi connectivity index (χ3v) is 5.00. The number of H-pyrrole nitrogens is 1. The third kappa shape index (κ3) is 2.25. The van der Waals surface area contributed by atoms with Crippen LogP contribution in [0.4, 0.5) is 21.6 Å². The molecule has 0 saturated heterocycles. The lowest BCUT2D eigenvalue weighted by molar-refractivity contribution is 0.627. The lowest BCUT2D eigenvalue weighted by Crippen LogP contribution is -2.19. The Morgan fingerprint density at radius 1 is 1.22 bits per heavy atom. The molecule has 0 bridgehead atoms. The molecule has 6 nitrogen and oxygen atoms in total. The van der Waals surface area contributed by atoms with Crippen LogP contribution in [0.3, 0.4) is 0 Å². The van der Waals surface area contributed by atoms with Gasteiger partial charge in [0.1, 0.15) is 17.2 Å². The maximum Gasteiger partial charge on any atom is 0.272 e. The summed E-state index contributed by atoms with van der Waals surface area (Å²) in [6, 6.07) is 8.15. The second kappa shape index (κ2) is 5.44. The highest BCUT2D eigenvalue weighted by Crippen LogP contribution is 2.43. The summed E-state index contributed by atoms with van der Waals surface area (Å²) in [5.74, 6) is 0.418. The zero-order chi connectivity index (χ0) is 18.7. The number of nitrogens with one attached hydrogen (secondary N) is 1. The number of hydrogen-bond donors (Lipinski definition) is 2. The summed E-state index contributed by atoms with van der Waals surface area (Å²) < 4.78 is 15.3. The minimum Gasteiger partial charge on any atom is -0.397 e. The number of nitrogen functional groups attached to an aromatic ring is 1. The Bertz CT molecular complexity index is 1260. The fourth-order valence-electron chi connectivity index (χ4n) is 3.81. The van der Waals surface area contributed by atoms with E-state index in [1.807, 2.05) is 28.8 Å². The summed E-state index contributed by atoms with van der Waals surface area (Å²) in [5, 5.41) is 0.888. The van der Waals surface area contributed by atoms with E-state index in [1.54, 1.807) is 24.5 Å². The maximum absolute atomic E-state index is 13.4. The molecule has 3 N–H and O–H groups in total. The van der Waals surface area contributed by atoms with E-state index >= 15 is 0 Å². The number of nitrogens with two attached hydrogens (primary N) is 1. The molecule has 1 aliphatic rings. The van der Waals surface area contributed by atoms with Crippen molar-refractivity contribution in [1.82, 2.24) is 14.5 Å². The normalized spacial score (nSPS) is 12.9. The molecule has 0 unspecified atom stereocenters. The largest absolute Gasteiger partial charge is 0.397 e. The number of aromatic nitrogens is 3. The zero-order valence-electron chi connectivity index (χ0n) is 14.5. The maximum atomic E-state index is 13.4. The van der Waals surface area contributed by atoms with E-state index in [4.69, 9.17) is 5.73 Å². The fourth-order valence-corrected chi connectivity index (χ4v) is 3.81. The molecule has 7 heteroatoms. The van der Waals surface area contributed by atoms with Gasteiger partial charge in [-0.15, -0.1) is 0 Å². The summed E-state index contributed by atoms with van der Waals surface area (Å²) in [5.41, 5.74) is 10.5. The van der Waals surface area contributed by atoms with Gasteiger partial charge in [-0.05, 0) is 35.9 Å². The smallest absolute Gasteiger partial charge is 0.272 e. The number of aryl methyl sites for hydroxylation is 1. The second-order valence-corrected chi connectivity index (χ2v) is 6.72. The Balaban J connectivity index is 1.86. The van der Waals surface area contributed by atoms with Crippen molar-refractivity contribution in [2.24, 2.45) is 7.05 Å². The minimum absolute atomic E-state index is 0.142. The number of hydrogen-bond acceptors (Lipinski definition) is 4. The SMILES string of the molecule is Cn1cc2c3c(c[nH]c(=O)c31)CN(c1ccc(F)cc1)c1ncc(N)cc1-2. The standard InChI is InChI=1S/C20H16FN5O/c1-25-10-16-15-6-13(22)8-23-19(15)26(14-4-2-12(21)3-5-14)9-11-7-24-20(27)18(25)17(11)16/h2-8,10H,9,22H2,1H3,(H,24,27). The number of rotatable bonds is 1. The molecule has 4 aromatic rings. The van der Waals surface area contributed by atoms with Crippen molar-refractivity contribution in [3.8, 4) is 11.1 Å². The van der Waals surface area contributed by atoms with Crippen molar-refractivity contribution in [3.63, 3.8) is 0 Å². The van der Waals surface area contributed by atoms with Crippen LogP contribution in [0, 0.1) is 5.82 Å². The van der Waals surface area contributed by atoms with Crippen LogP contribution < -0.4 is 16.2 Å². The van der Waals surface area contributed by atoms with Gasteiger partial charge in [0.15, 0.2) is 0 Å². The van der Waals surface area contributed by atoms with E-state index in [0.29, 0.717) is 23.6 Å². The van der Waals surface area contributed by atoms with Crippen LogP contribution in [0.2, 0.25) is 0 Å². The van der Waals surface area contributed by atoms with Crippen molar-refractivity contribution in [2.45, 2.75) is 6.54 Å². The van der Waals surface area contributed by atoms with Crippen LogP contribution in [0.5, 0.6) is 0 Å². The molecular formula is C20H16FN5O. The average molecular weight is 361 g/mol. The van der Waals surface area contributed by atoms with E-state index in [2.05, 4.69) is 9.97 Å². The van der Waals surface area contributed by atoms with Crippen molar-refractivity contribution in [2.75, 3.05) is 10.6 Å². The fraction of sp³-hybridized carbons (Fsp3) is 0.100. The molecule has 4 heterocycles. The average Bonchev–Trinajstić information content (AvgIpc) is 2.94. The first kappa shape index (κ1) is 15.6. The summed E-state index contributed by atoms with van der Waals surface area (Å²) in [6.45, 7) is 0.486. The Kier molecular flexibility index (Phi) is 3.15. The summed E-state index contributed by atoms with van der Waals surface area (Å²) >= 11 is 0. The zero-order valence-corrected chi connectivity index (χ0v) is 14.5. The van der Waals surface area contributed by atoms with Gasteiger partial charge in [0.2, 0.25) is 0 Å². The van der Waals surface area contributed by atoms with Crippen LogP contribution in [-0.4, -0.2) is 14.5 Å². The number of pyridine rings is 2. The molecule has 3 aromatic heterocycles. The lowest BCUT2D eigenvalue weighted by Gasteiger charge is -2.24. The Morgan fingerprint density at radius 2 is 2.00 bits per heavy atom. The Labute approximate surface area is 153 Å². The van der Waals surface area contributed by atoms with E-state index in [1.165, 1.54) is 12.1 Å². The van der Waals surface area contributed by atoms with E-state index in [-0.39, 0.29) is 11.4 Å². The van der Waals surface area contributed by atoms with Crippen molar-refractivity contribution < 1.29 is 4.39 Å². The number of nitrogens with zero attached hydrogens (tertiary/aromatic N) is 3. The predicted octanol–water partition coefficient (Wildman–Crippen LogP) is 3.30. The molecule has 0 radical (unpaired) electrons. The topological polar surface area (TPSA) is 79.9 Å². The monoisotopic (exact) mass is 361 g/mol. The van der Waals surface area contributed by atoms with Crippen LogP contribution in [0.15, 0.2) is 53.7 Å². The summed E-state index contributed by atoms with van der Waals surface area (Å²) in [7, 11) is 1.85. The van der Waals surface area contributed by atoms with Gasteiger partial charge < -0.3 is 20.2 Å². The van der Waals surface area contributed by atoms with Gasteiger partial charge in [-0.1, -0.05) is 0 Å². The van der Waals surface area contributed by atoms with Gasteiger partial charge in [0.05, 0.1) is 18.4 Å². The minimum atomic E-state index is -0.297. The molecule has 134 valence electrons. The number of aromatic amines is 1. The first-order valence-electron chi connectivity index (χ1n) is 8.51. The second-order valence-electron chi connectivity index (χ2n) is 6.72. The lowest BCUT2D eigenvalue weighted by atomic mass is 10.0. The molecule has 0 atom stereocenters. The number of benzene rings is 1. The van der Waals surface area contributed by atoms with Crippen LogP contribution in [0.25, 0.3) is 22.0 Å². The highest BCUT2D eigenvalue weighted by Gasteiger charge is 2.26. The highest BCUT2D eigenvalue weighted by molar-refractivity contribution is 6.02. The molecule has 1 aliphatic heterocycles. The van der Waals surface area contributed by atoms with Crippen LogP contribution in [-0.2, 0) is 13.6 Å². The number of halogens is 1. The molecule has 0 aliphatic carbocycles. The summed E-state index contributed by atoms with van der Waals surface area (Å²) in [6.07, 6.45) is 5.27. The quantitative estimate of drug-likeness (QED) is 0.545. The number of anilines is 3. The van der Waals surface area contributed by atoms with Gasteiger partial charge in [0.25, 0.3) is 5.56 Å². The van der Waals surface area contributed by atoms with Gasteiger partial charge in [-0.2, -0.15) is 0 Å². The third-order valence-electron chi connectivity index (χ3n) is 5.00. The Hall–Kier alpha value is -3.61.